The number of benzene rings is 2. The number of phenols is 3. The number of carbonyl (C=O) groups is 1. The van der Waals surface area contributed by atoms with Crippen molar-refractivity contribution >= 4 is 5.91 Å². The van der Waals surface area contributed by atoms with Crippen LogP contribution in [0.15, 0.2) is 36.4 Å². The van der Waals surface area contributed by atoms with Crippen molar-refractivity contribution < 1.29 is 20.1 Å². The highest BCUT2D eigenvalue weighted by Gasteiger charge is 2.23. The van der Waals surface area contributed by atoms with Gasteiger partial charge in [-0.3, -0.25) is 4.79 Å². The molecule has 0 radical (unpaired) electrons. The normalized spacial score (nSPS) is 13.8. The first-order valence-electron chi connectivity index (χ1n) is 6.67. The summed E-state index contributed by atoms with van der Waals surface area (Å²) in [6, 6.07) is 10.3. The van der Waals surface area contributed by atoms with Gasteiger partial charge in [-0.15, -0.1) is 0 Å². The van der Waals surface area contributed by atoms with Gasteiger partial charge in [-0.1, -0.05) is 24.3 Å². The summed E-state index contributed by atoms with van der Waals surface area (Å²) in [6.07, 6.45) is 0.776. The van der Waals surface area contributed by atoms with E-state index in [9.17, 15) is 20.1 Å². The van der Waals surface area contributed by atoms with Gasteiger partial charge in [-0.2, -0.15) is 0 Å². The zero-order valence-corrected chi connectivity index (χ0v) is 11.3. The van der Waals surface area contributed by atoms with E-state index >= 15 is 0 Å². The lowest BCUT2D eigenvalue weighted by atomic mass is 9.99. The fourth-order valence-corrected chi connectivity index (χ4v) is 2.58. The minimum Gasteiger partial charge on any atom is -0.504 e. The molecule has 0 aliphatic carbocycles. The highest BCUT2D eigenvalue weighted by atomic mass is 16.3. The van der Waals surface area contributed by atoms with Gasteiger partial charge < -0.3 is 20.2 Å². The van der Waals surface area contributed by atoms with Crippen molar-refractivity contribution in [3.63, 3.8) is 0 Å². The van der Waals surface area contributed by atoms with Crippen LogP contribution in [0, 0.1) is 0 Å². The molecular formula is C16H15NO4. The molecular weight excluding hydrogens is 270 g/mol. The van der Waals surface area contributed by atoms with Crippen LogP contribution < -0.4 is 0 Å². The van der Waals surface area contributed by atoms with E-state index < -0.39 is 17.2 Å². The number of amides is 1. The number of carbonyl (C=O) groups excluding carboxylic acids is 1. The van der Waals surface area contributed by atoms with Crippen LogP contribution in [0.5, 0.6) is 17.2 Å². The van der Waals surface area contributed by atoms with Crippen LogP contribution in [0.1, 0.15) is 21.5 Å². The molecule has 0 aromatic heterocycles. The van der Waals surface area contributed by atoms with Gasteiger partial charge in [0.15, 0.2) is 17.2 Å². The summed E-state index contributed by atoms with van der Waals surface area (Å²) >= 11 is 0. The van der Waals surface area contributed by atoms with Gasteiger partial charge in [0, 0.05) is 18.7 Å². The average Bonchev–Trinajstić information content (AvgIpc) is 2.51. The molecule has 3 N–H and O–H groups in total. The lowest BCUT2D eigenvalue weighted by molar-refractivity contribution is 0.0734. The van der Waals surface area contributed by atoms with Crippen LogP contribution >= 0.6 is 0 Å². The van der Waals surface area contributed by atoms with Gasteiger partial charge in [0.25, 0.3) is 5.91 Å². The smallest absolute Gasteiger partial charge is 0.254 e. The Kier molecular flexibility index (Phi) is 3.17. The van der Waals surface area contributed by atoms with Crippen molar-refractivity contribution in [2.24, 2.45) is 0 Å². The second kappa shape index (κ2) is 5.01. The third-order valence-corrected chi connectivity index (χ3v) is 3.73. The fraction of sp³-hybridized carbons (Fsp3) is 0.188. The van der Waals surface area contributed by atoms with E-state index in [0.717, 1.165) is 24.1 Å². The van der Waals surface area contributed by atoms with E-state index in [1.807, 2.05) is 18.2 Å². The molecule has 5 nitrogen and oxygen atoms in total. The summed E-state index contributed by atoms with van der Waals surface area (Å²) in [7, 11) is 0. The van der Waals surface area contributed by atoms with Gasteiger partial charge >= 0.3 is 0 Å². The molecule has 0 unspecified atom stereocenters. The second-order valence-electron chi connectivity index (χ2n) is 5.11. The highest BCUT2D eigenvalue weighted by Crippen LogP contribution is 2.36. The average molecular weight is 285 g/mol. The minimum absolute atomic E-state index is 0.155. The molecule has 5 heteroatoms. The highest BCUT2D eigenvalue weighted by molar-refractivity contribution is 5.95. The van der Waals surface area contributed by atoms with Crippen molar-refractivity contribution in [2.45, 2.75) is 13.0 Å². The lowest BCUT2D eigenvalue weighted by Crippen LogP contribution is -2.35. The Morgan fingerprint density at radius 1 is 1.00 bits per heavy atom. The molecule has 3 rings (SSSR count). The van der Waals surface area contributed by atoms with E-state index in [2.05, 4.69) is 6.07 Å². The number of rotatable bonds is 1. The molecule has 1 aliphatic heterocycles. The number of nitrogens with zero attached hydrogens (tertiary/aromatic N) is 1. The molecule has 1 amide bonds. The predicted molar refractivity (Wildman–Crippen MR) is 76.3 cm³/mol. The summed E-state index contributed by atoms with van der Waals surface area (Å²) in [5.74, 6) is -1.91. The van der Waals surface area contributed by atoms with Crippen molar-refractivity contribution in [3.05, 3.63) is 53.1 Å². The van der Waals surface area contributed by atoms with E-state index in [-0.39, 0.29) is 11.5 Å². The molecule has 0 fully saturated rings. The van der Waals surface area contributed by atoms with E-state index in [4.69, 9.17) is 0 Å². The van der Waals surface area contributed by atoms with Crippen molar-refractivity contribution in [2.75, 3.05) is 6.54 Å². The Hall–Kier alpha value is -2.69. The van der Waals surface area contributed by atoms with Crippen molar-refractivity contribution in [1.82, 2.24) is 4.90 Å². The summed E-state index contributed by atoms with van der Waals surface area (Å²) in [5.41, 5.74) is 2.49. The van der Waals surface area contributed by atoms with Crippen molar-refractivity contribution in [1.29, 1.82) is 0 Å². The van der Waals surface area contributed by atoms with Gasteiger partial charge in [0.1, 0.15) is 0 Å². The molecule has 108 valence electrons. The Labute approximate surface area is 121 Å². The predicted octanol–water partition coefficient (Wildman–Crippen LogP) is 2.00. The summed E-state index contributed by atoms with van der Waals surface area (Å²) in [5, 5.41) is 28.3. The lowest BCUT2D eigenvalue weighted by Gasteiger charge is -2.29. The van der Waals surface area contributed by atoms with Gasteiger partial charge in [-0.05, 0) is 29.7 Å². The first-order chi connectivity index (χ1) is 10.1. The summed E-state index contributed by atoms with van der Waals surface area (Å²) in [4.78, 5) is 14.1. The Balaban J connectivity index is 1.87. The Morgan fingerprint density at radius 2 is 1.62 bits per heavy atom. The molecule has 2 aromatic carbocycles. The molecule has 2 aromatic rings. The number of hydrogen-bond acceptors (Lipinski definition) is 4. The third kappa shape index (κ3) is 2.38. The molecule has 1 aliphatic rings. The maximum Gasteiger partial charge on any atom is 0.254 e. The SMILES string of the molecule is O=C(c1cc(O)c(O)c(O)c1)N1CCc2ccccc2C1. The van der Waals surface area contributed by atoms with E-state index in [0.29, 0.717) is 13.1 Å². The molecule has 21 heavy (non-hydrogen) atoms. The summed E-state index contributed by atoms with van der Waals surface area (Å²) in [6.45, 7) is 1.08. The number of fused-ring (bicyclic) bond motifs is 1. The Morgan fingerprint density at radius 3 is 2.29 bits per heavy atom. The zero-order valence-electron chi connectivity index (χ0n) is 11.3. The Bertz CT molecular complexity index is 688. The minimum atomic E-state index is -0.615. The van der Waals surface area contributed by atoms with Crippen LogP contribution in [0.2, 0.25) is 0 Å². The van der Waals surface area contributed by atoms with Crippen molar-refractivity contribution in [3.8, 4) is 17.2 Å². The molecule has 0 saturated carbocycles. The van der Waals surface area contributed by atoms with Crippen LogP contribution in [0.4, 0.5) is 0 Å². The monoisotopic (exact) mass is 285 g/mol. The fourth-order valence-electron chi connectivity index (χ4n) is 2.58. The molecule has 0 bridgehead atoms. The zero-order chi connectivity index (χ0) is 15.0. The topological polar surface area (TPSA) is 81.0 Å². The van der Waals surface area contributed by atoms with Crippen LogP contribution in [0.25, 0.3) is 0 Å². The quantitative estimate of drug-likeness (QED) is 0.700. The standard InChI is InChI=1S/C16H15NO4/c18-13-7-12(8-14(19)15(13)20)16(21)17-6-5-10-3-1-2-4-11(10)9-17/h1-4,7-8,18-20H,5-6,9H2. The maximum atomic E-state index is 12.4. The van der Waals surface area contributed by atoms with Crippen LogP contribution in [-0.4, -0.2) is 32.7 Å². The third-order valence-electron chi connectivity index (χ3n) is 3.73. The van der Waals surface area contributed by atoms with E-state index in [1.54, 1.807) is 4.90 Å². The first kappa shape index (κ1) is 13.3. The number of hydrogen-bond donors (Lipinski definition) is 3. The van der Waals surface area contributed by atoms with E-state index in [1.165, 1.54) is 5.56 Å². The molecule has 0 saturated heterocycles. The van der Waals surface area contributed by atoms with Gasteiger partial charge in [0.05, 0.1) is 0 Å². The van der Waals surface area contributed by atoms with Crippen LogP contribution in [0.3, 0.4) is 0 Å². The largest absolute Gasteiger partial charge is 0.504 e. The summed E-state index contributed by atoms with van der Waals surface area (Å²) < 4.78 is 0. The van der Waals surface area contributed by atoms with Crippen LogP contribution in [-0.2, 0) is 13.0 Å². The number of phenolic OH excluding ortho intramolecular Hbond substituents is 3. The molecule has 0 spiro atoms. The molecule has 0 atom stereocenters. The number of aromatic hydroxyl groups is 3. The second-order valence-corrected chi connectivity index (χ2v) is 5.11. The van der Waals surface area contributed by atoms with Gasteiger partial charge in [-0.25, -0.2) is 0 Å². The van der Waals surface area contributed by atoms with Gasteiger partial charge in [0.2, 0.25) is 0 Å². The molecule has 1 heterocycles. The first-order valence-corrected chi connectivity index (χ1v) is 6.67. The maximum absolute atomic E-state index is 12.4.